The van der Waals surface area contributed by atoms with Crippen LogP contribution in [0.3, 0.4) is 0 Å². The molecule has 0 radical (unpaired) electrons. The number of hydrogen-bond donors (Lipinski definition) is 0. The standard InChI is InChI=1S/C15H29N3O/c1-13-7-5-10-18(11-13)14(19)17(4)12-15(16(2)3)8-6-9-15/h13H,5-12H2,1-4H3. The van der Waals surface area contributed by atoms with Crippen molar-refractivity contribution in [2.24, 2.45) is 5.92 Å². The molecule has 1 heterocycles. The molecule has 2 aliphatic rings. The normalized spacial score (nSPS) is 26.2. The Morgan fingerprint density at radius 2 is 1.95 bits per heavy atom. The molecule has 2 amide bonds. The van der Waals surface area contributed by atoms with Crippen molar-refractivity contribution in [2.45, 2.75) is 44.6 Å². The summed E-state index contributed by atoms with van der Waals surface area (Å²) in [5.74, 6) is 0.651. The zero-order valence-corrected chi connectivity index (χ0v) is 13.0. The summed E-state index contributed by atoms with van der Waals surface area (Å²) in [6.07, 6.45) is 6.14. The highest BCUT2D eigenvalue weighted by Crippen LogP contribution is 2.36. The molecule has 0 N–H and O–H groups in total. The highest BCUT2D eigenvalue weighted by molar-refractivity contribution is 5.74. The van der Waals surface area contributed by atoms with E-state index in [-0.39, 0.29) is 11.6 Å². The number of rotatable bonds is 3. The zero-order valence-electron chi connectivity index (χ0n) is 13.0. The lowest BCUT2D eigenvalue weighted by molar-refractivity contribution is 0.0298. The van der Waals surface area contributed by atoms with Crippen LogP contribution in [0.25, 0.3) is 0 Å². The fourth-order valence-electron chi connectivity index (χ4n) is 3.45. The van der Waals surface area contributed by atoms with E-state index in [9.17, 15) is 4.79 Å². The van der Waals surface area contributed by atoms with Crippen molar-refractivity contribution in [2.75, 3.05) is 40.8 Å². The van der Waals surface area contributed by atoms with Gasteiger partial charge in [0.1, 0.15) is 0 Å². The minimum absolute atomic E-state index is 0.222. The van der Waals surface area contributed by atoms with Gasteiger partial charge < -0.3 is 14.7 Å². The predicted molar refractivity (Wildman–Crippen MR) is 78.3 cm³/mol. The summed E-state index contributed by atoms with van der Waals surface area (Å²) in [6.45, 7) is 4.97. The minimum Gasteiger partial charge on any atom is -0.326 e. The third-order valence-corrected chi connectivity index (χ3v) is 5.02. The molecular formula is C15H29N3O. The Morgan fingerprint density at radius 1 is 1.26 bits per heavy atom. The molecule has 0 spiro atoms. The summed E-state index contributed by atoms with van der Waals surface area (Å²) in [6, 6.07) is 0.222. The van der Waals surface area contributed by atoms with Crippen molar-refractivity contribution in [1.82, 2.24) is 14.7 Å². The summed E-state index contributed by atoms with van der Waals surface area (Å²) in [4.78, 5) is 18.8. The molecule has 4 heteroatoms. The van der Waals surface area contributed by atoms with E-state index in [0.717, 1.165) is 26.1 Å². The molecule has 1 aliphatic carbocycles. The molecule has 1 unspecified atom stereocenters. The molecule has 4 nitrogen and oxygen atoms in total. The maximum Gasteiger partial charge on any atom is 0.319 e. The van der Waals surface area contributed by atoms with E-state index in [4.69, 9.17) is 0 Å². The number of likely N-dealkylation sites (N-methyl/N-ethyl adjacent to an activating group) is 2. The van der Waals surface area contributed by atoms with Gasteiger partial charge >= 0.3 is 6.03 Å². The predicted octanol–water partition coefficient (Wildman–Crippen LogP) is 2.25. The first kappa shape index (κ1) is 14.6. The van der Waals surface area contributed by atoms with E-state index in [1.807, 2.05) is 16.8 Å². The molecule has 0 bridgehead atoms. The number of likely N-dealkylation sites (tertiary alicyclic amines) is 1. The van der Waals surface area contributed by atoms with Gasteiger partial charge in [0.15, 0.2) is 0 Å². The van der Waals surface area contributed by atoms with Crippen molar-refractivity contribution in [3.63, 3.8) is 0 Å². The lowest BCUT2D eigenvalue weighted by Crippen LogP contribution is -2.59. The second kappa shape index (κ2) is 5.70. The average Bonchev–Trinajstić information content (AvgIpc) is 2.32. The molecule has 1 aliphatic heterocycles. The Labute approximate surface area is 117 Å². The van der Waals surface area contributed by atoms with E-state index >= 15 is 0 Å². The maximum atomic E-state index is 12.5. The minimum atomic E-state index is 0.222. The van der Waals surface area contributed by atoms with Crippen molar-refractivity contribution in [3.8, 4) is 0 Å². The van der Waals surface area contributed by atoms with Gasteiger partial charge in [-0.3, -0.25) is 0 Å². The van der Waals surface area contributed by atoms with Crippen molar-refractivity contribution < 1.29 is 4.79 Å². The van der Waals surface area contributed by atoms with Crippen LogP contribution in [0.15, 0.2) is 0 Å². The van der Waals surface area contributed by atoms with Crippen molar-refractivity contribution in [3.05, 3.63) is 0 Å². The summed E-state index contributed by atoms with van der Waals surface area (Å²) < 4.78 is 0. The Balaban J connectivity index is 1.91. The van der Waals surface area contributed by atoms with Gasteiger partial charge in [0.05, 0.1) is 0 Å². The second-order valence-electron chi connectivity index (χ2n) is 6.80. The van der Waals surface area contributed by atoms with Gasteiger partial charge in [-0.25, -0.2) is 4.79 Å². The van der Waals surface area contributed by atoms with Crippen LogP contribution in [0.4, 0.5) is 4.79 Å². The van der Waals surface area contributed by atoms with E-state index < -0.39 is 0 Å². The van der Waals surface area contributed by atoms with Gasteiger partial charge in [-0.1, -0.05) is 6.92 Å². The Bertz CT molecular complexity index is 325. The smallest absolute Gasteiger partial charge is 0.319 e. The number of hydrogen-bond acceptors (Lipinski definition) is 2. The van der Waals surface area contributed by atoms with Crippen LogP contribution in [-0.4, -0.2) is 67.0 Å². The van der Waals surface area contributed by atoms with Crippen LogP contribution in [0.1, 0.15) is 39.0 Å². The first-order valence-corrected chi connectivity index (χ1v) is 7.62. The second-order valence-corrected chi connectivity index (χ2v) is 6.80. The van der Waals surface area contributed by atoms with Gasteiger partial charge in [-0.2, -0.15) is 0 Å². The Hall–Kier alpha value is -0.770. The summed E-state index contributed by atoms with van der Waals surface area (Å²) in [7, 11) is 6.24. The lowest BCUT2D eigenvalue weighted by Gasteiger charge is -2.49. The highest BCUT2D eigenvalue weighted by atomic mass is 16.2. The molecule has 1 saturated carbocycles. The van der Waals surface area contributed by atoms with Crippen LogP contribution < -0.4 is 0 Å². The molecule has 0 aromatic heterocycles. The van der Waals surface area contributed by atoms with Crippen molar-refractivity contribution in [1.29, 1.82) is 0 Å². The maximum absolute atomic E-state index is 12.5. The summed E-state index contributed by atoms with van der Waals surface area (Å²) in [5, 5.41) is 0. The first-order valence-electron chi connectivity index (χ1n) is 7.62. The topological polar surface area (TPSA) is 26.8 Å². The number of carbonyl (C=O) groups excluding carboxylic acids is 1. The number of urea groups is 1. The molecule has 110 valence electrons. The van der Waals surface area contributed by atoms with Crippen molar-refractivity contribution >= 4 is 6.03 Å². The van der Waals surface area contributed by atoms with Gasteiger partial charge in [0, 0.05) is 32.2 Å². The Kier molecular flexibility index (Phi) is 4.39. The molecule has 0 aromatic carbocycles. The summed E-state index contributed by atoms with van der Waals surface area (Å²) >= 11 is 0. The molecule has 0 aromatic rings. The molecule has 19 heavy (non-hydrogen) atoms. The lowest BCUT2D eigenvalue weighted by atomic mass is 9.75. The molecule has 2 fully saturated rings. The van der Waals surface area contributed by atoms with Crippen LogP contribution in [-0.2, 0) is 0 Å². The van der Waals surface area contributed by atoms with Crippen LogP contribution in [0.5, 0.6) is 0 Å². The van der Waals surface area contributed by atoms with Crippen LogP contribution in [0, 0.1) is 5.92 Å². The molecule has 2 rings (SSSR count). The van der Waals surface area contributed by atoms with Gasteiger partial charge in [0.25, 0.3) is 0 Å². The molecule has 1 saturated heterocycles. The van der Waals surface area contributed by atoms with Gasteiger partial charge in [-0.15, -0.1) is 0 Å². The van der Waals surface area contributed by atoms with Gasteiger partial charge in [-0.05, 0) is 52.1 Å². The molecular weight excluding hydrogens is 238 g/mol. The number of piperidine rings is 1. The van der Waals surface area contributed by atoms with Gasteiger partial charge in [0.2, 0.25) is 0 Å². The Morgan fingerprint density at radius 3 is 2.42 bits per heavy atom. The monoisotopic (exact) mass is 267 g/mol. The molecule has 1 atom stereocenters. The first-order chi connectivity index (χ1) is 8.94. The fraction of sp³-hybridized carbons (Fsp3) is 0.933. The summed E-state index contributed by atoms with van der Waals surface area (Å²) in [5.41, 5.74) is 0.228. The highest BCUT2D eigenvalue weighted by Gasteiger charge is 2.41. The number of nitrogens with zero attached hydrogens (tertiary/aromatic N) is 3. The van der Waals surface area contributed by atoms with Crippen LogP contribution >= 0.6 is 0 Å². The van der Waals surface area contributed by atoms with Crippen LogP contribution in [0.2, 0.25) is 0 Å². The van der Waals surface area contributed by atoms with E-state index in [1.165, 1.54) is 25.7 Å². The quantitative estimate of drug-likeness (QED) is 0.784. The van der Waals surface area contributed by atoms with E-state index in [1.54, 1.807) is 0 Å². The number of amides is 2. The number of carbonyl (C=O) groups is 1. The zero-order chi connectivity index (χ0) is 14.0. The van der Waals surface area contributed by atoms with E-state index in [2.05, 4.69) is 25.9 Å². The average molecular weight is 267 g/mol. The third-order valence-electron chi connectivity index (χ3n) is 5.02. The SMILES string of the molecule is CC1CCCN(C(=O)N(C)CC2(N(C)C)CCC2)C1. The largest absolute Gasteiger partial charge is 0.326 e. The fourth-order valence-corrected chi connectivity index (χ4v) is 3.45. The van der Waals surface area contributed by atoms with E-state index in [0.29, 0.717) is 5.92 Å². The third kappa shape index (κ3) is 3.04.